The number of thioether (sulfide) groups is 1. The predicted octanol–water partition coefficient (Wildman–Crippen LogP) is 4.12. The zero-order valence-corrected chi connectivity index (χ0v) is 13.2. The monoisotopic (exact) mass is 301 g/mol. The molecule has 0 fully saturated rings. The molecule has 4 heteroatoms. The van der Waals surface area contributed by atoms with Crippen LogP contribution in [0, 0.1) is 6.92 Å². The zero-order valence-electron chi connectivity index (χ0n) is 12.4. The zero-order chi connectivity index (χ0) is 15.2. The Bertz CT molecular complexity index is 593. The van der Waals surface area contributed by atoms with Crippen LogP contribution in [0.3, 0.4) is 0 Å². The fourth-order valence-electron chi connectivity index (χ4n) is 1.79. The number of carbonyl (C=O) groups is 1. The van der Waals surface area contributed by atoms with E-state index < -0.39 is 6.10 Å². The Labute approximate surface area is 129 Å². The van der Waals surface area contributed by atoms with Crippen LogP contribution in [0.15, 0.2) is 53.4 Å². The van der Waals surface area contributed by atoms with Crippen molar-refractivity contribution in [2.24, 2.45) is 0 Å². The van der Waals surface area contributed by atoms with Gasteiger partial charge in [0.2, 0.25) is 0 Å². The molecule has 0 aliphatic rings. The Balaban J connectivity index is 1.93. The lowest BCUT2D eigenvalue weighted by atomic mass is 10.2. The van der Waals surface area contributed by atoms with Crippen LogP contribution in [0.25, 0.3) is 0 Å². The highest BCUT2D eigenvalue weighted by atomic mass is 32.2. The summed E-state index contributed by atoms with van der Waals surface area (Å²) in [6.45, 7) is 3.75. The minimum absolute atomic E-state index is 0.159. The Morgan fingerprint density at radius 1 is 1.10 bits per heavy atom. The molecule has 2 rings (SSSR count). The summed E-state index contributed by atoms with van der Waals surface area (Å²) in [6.07, 6.45) is 1.47. The molecule has 2 aromatic carbocycles. The van der Waals surface area contributed by atoms with E-state index in [1.807, 2.05) is 61.7 Å². The van der Waals surface area contributed by atoms with Gasteiger partial charge in [0.15, 0.2) is 6.10 Å². The number of anilines is 1. The second kappa shape index (κ2) is 7.18. The molecule has 0 spiro atoms. The van der Waals surface area contributed by atoms with Gasteiger partial charge in [0.05, 0.1) is 0 Å². The Kier molecular flexibility index (Phi) is 5.28. The van der Waals surface area contributed by atoms with Crippen molar-refractivity contribution in [1.82, 2.24) is 0 Å². The van der Waals surface area contributed by atoms with Gasteiger partial charge >= 0.3 is 0 Å². The summed E-state index contributed by atoms with van der Waals surface area (Å²) in [5.74, 6) is 0.534. The summed E-state index contributed by atoms with van der Waals surface area (Å²) < 4.78 is 5.65. The first-order chi connectivity index (χ1) is 10.1. The Morgan fingerprint density at radius 3 is 2.29 bits per heavy atom. The molecule has 0 unspecified atom stereocenters. The van der Waals surface area contributed by atoms with E-state index >= 15 is 0 Å². The molecule has 21 heavy (non-hydrogen) atoms. The summed E-state index contributed by atoms with van der Waals surface area (Å²) in [6, 6.07) is 15.4. The van der Waals surface area contributed by atoms with Crippen molar-refractivity contribution in [3.05, 3.63) is 54.1 Å². The molecule has 2 aromatic rings. The van der Waals surface area contributed by atoms with Crippen molar-refractivity contribution >= 4 is 23.4 Å². The fraction of sp³-hybridized carbons (Fsp3) is 0.235. The first-order valence-corrected chi connectivity index (χ1v) is 7.99. The Hall–Kier alpha value is -1.94. The average Bonchev–Trinajstić information content (AvgIpc) is 2.50. The number of carbonyl (C=O) groups excluding carboxylic acids is 1. The molecule has 0 aliphatic heterocycles. The SMILES string of the molecule is CSc1ccc(O[C@@H](C)C(=O)Nc2ccc(C)cc2)cc1. The molecule has 110 valence electrons. The highest BCUT2D eigenvalue weighted by Gasteiger charge is 2.14. The van der Waals surface area contributed by atoms with E-state index in [2.05, 4.69) is 5.32 Å². The third-order valence-electron chi connectivity index (χ3n) is 3.06. The van der Waals surface area contributed by atoms with Crippen molar-refractivity contribution in [3.8, 4) is 5.75 Å². The van der Waals surface area contributed by atoms with Gasteiger partial charge in [-0.1, -0.05) is 17.7 Å². The molecule has 0 heterocycles. The third kappa shape index (κ3) is 4.53. The smallest absolute Gasteiger partial charge is 0.265 e. The largest absolute Gasteiger partial charge is 0.481 e. The molecule has 0 bridgehead atoms. The average molecular weight is 301 g/mol. The van der Waals surface area contributed by atoms with Crippen LogP contribution in [0.2, 0.25) is 0 Å². The van der Waals surface area contributed by atoms with Crippen LogP contribution < -0.4 is 10.1 Å². The maximum absolute atomic E-state index is 12.1. The summed E-state index contributed by atoms with van der Waals surface area (Å²) in [7, 11) is 0. The lowest BCUT2D eigenvalue weighted by Crippen LogP contribution is -2.30. The van der Waals surface area contributed by atoms with Crippen LogP contribution >= 0.6 is 11.8 Å². The van der Waals surface area contributed by atoms with Crippen molar-refractivity contribution in [3.63, 3.8) is 0 Å². The quantitative estimate of drug-likeness (QED) is 0.844. The number of nitrogens with one attached hydrogen (secondary N) is 1. The molecule has 1 atom stereocenters. The molecule has 0 saturated heterocycles. The predicted molar refractivity (Wildman–Crippen MR) is 88.1 cm³/mol. The van der Waals surface area contributed by atoms with E-state index in [0.717, 1.165) is 11.3 Å². The number of rotatable bonds is 5. The molecular weight excluding hydrogens is 282 g/mol. The number of ether oxygens (including phenoxy) is 1. The van der Waals surface area contributed by atoms with E-state index in [1.54, 1.807) is 18.7 Å². The molecule has 0 aliphatic carbocycles. The maximum Gasteiger partial charge on any atom is 0.265 e. The van der Waals surface area contributed by atoms with Crippen molar-refractivity contribution < 1.29 is 9.53 Å². The van der Waals surface area contributed by atoms with Crippen LogP contribution in [0.1, 0.15) is 12.5 Å². The number of aryl methyl sites for hydroxylation is 1. The van der Waals surface area contributed by atoms with Gasteiger partial charge in [-0.05, 0) is 56.5 Å². The molecule has 0 saturated carbocycles. The highest BCUT2D eigenvalue weighted by molar-refractivity contribution is 7.98. The number of benzene rings is 2. The lowest BCUT2D eigenvalue weighted by molar-refractivity contribution is -0.122. The topological polar surface area (TPSA) is 38.3 Å². The van der Waals surface area contributed by atoms with E-state index in [0.29, 0.717) is 5.75 Å². The van der Waals surface area contributed by atoms with E-state index in [-0.39, 0.29) is 5.91 Å². The number of hydrogen-bond acceptors (Lipinski definition) is 3. The van der Waals surface area contributed by atoms with Gasteiger partial charge in [0.1, 0.15) is 5.75 Å². The van der Waals surface area contributed by atoms with Crippen LogP contribution in [-0.4, -0.2) is 18.3 Å². The van der Waals surface area contributed by atoms with Crippen LogP contribution in [0.4, 0.5) is 5.69 Å². The number of hydrogen-bond donors (Lipinski definition) is 1. The summed E-state index contributed by atoms with van der Waals surface area (Å²) in [5.41, 5.74) is 1.94. The van der Waals surface area contributed by atoms with Gasteiger partial charge in [-0.3, -0.25) is 4.79 Å². The van der Waals surface area contributed by atoms with Crippen molar-refractivity contribution in [2.75, 3.05) is 11.6 Å². The number of amides is 1. The van der Waals surface area contributed by atoms with Crippen molar-refractivity contribution in [1.29, 1.82) is 0 Å². The van der Waals surface area contributed by atoms with Gasteiger partial charge in [0.25, 0.3) is 5.91 Å². The Morgan fingerprint density at radius 2 is 1.71 bits per heavy atom. The molecule has 3 nitrogen and oxygen atoms in total. The summed E-state index contributed by atoms with van der Waals surface area (Å²) >= 11 is 1.67. The van der Waals surface area contributed by atoms with Gasteiger partial charge < -0.3 is 10.1 Å². The first kappa shape index (κ1) is 15.4. The maximum atomic E-state index is 12.1. The van der Waals surface area contributed by atoms with Gasteiger partial charge in [-0.15, -0.1) is 11.8 Å². The van der Waals surface area contributed by atoms with Gasteiger partial charge in [0, 0.05) is 10.6 Å². The molecular formula is C17H19NO2S. The minimum atomic E-state index is -0.550. The normalized spacial score (nSPS) is 11.8. The van der Waals surface area contributed by atoms with Crippen LogP contribution in [-0.2, 0) is 4.79 Å². The fourth-order valence-corrected chi connectivity index (χ4v) is 2.20. The minimum Gasteiger partial charge on any atom is -0.481 e. The van der Waals surface area contributed by atoms with Crippen LogP contribution in [0.5, 0.6) is 5.75 Å². The lowest BCUT2D eigenvalue weighted by Gasteiger charge is -2.15. The van der Waals surface area contributed by atoms with E-state index in [1.165, 1.54) is 4.90 Å². The van der Waals surface area contributed by atoms with Gasteiger partial charge in [-0.25, -0.2) is 0 Å². The highest BCUT2D eigenvalue weighted by Crippen LogP contribution is 2.20. The molecule has 0 radical (unpaired) electrons. The van der Waals surface area contributed by atoms with Gasteiger partial charge in [-0.2, -0.15) is 0 Å². The second-order valence-electron chi connectivity index (χ2n) is 4.79. The first-order valence-electron chi connectivity index (χ1n) is 6.77. The molecule has 1 amide bonds. The summed E-state index contributed by atoms with van der Waals surface area (Å²) in [5, 5.41) is 2.84. The molecule has 0 aromatic heterocycles. The van der Waals surface area contributed by atoms with E-state index in [4.69, 9.17) is 4.74 Å². The van der Waals surface area contributed by atoms with E-state index in [9.17, 15) is 4.79 Å². The standard InChI is InChI=1S/C17H19NO2S/c1-12-4-6-14(7-5-12)18-17(19)13(2)20-15-8-10-16(21-3)11-9-15/h4-11,13H,1-3H3,(H,18,19)/t13-/m0/s1. The molecule has 1 N–H and O–H groups in total. The summed E-state index contributed by atoms with van der Waals surface area (Å²) in [4.78, 5) is 13.3. The third-order valence-corrected chi connectivity index (χ3v) is 3.80. The van der Waals surface area contributed by atoms with Crippen molar-refractivity contribution in [2.45, 2.75) is 24.8 Å². The second-order valence-corrected chi connectivity index (χ2v) is 5.67.